The fourth-order valence-corrected chi connectivity index (χ4v) is 5.81. The number of nitrogens with zero attached hydrogens (tertiary/aromatic N) is 1. The van der Waals surface area contributed by atoms with E-state index >= 15 is 0 Å². The average Bonchev–Trinajstić information content (AvgIpc) is 3.08. The molecule has 0 spiro atoms. The van der Waals surface area contributed by atoms with Gasteiger partial charge >= 0.3 is 0 Å². The van der Waals surface area contributed by atoms with Crippen LogP contribution in [0.4, 0.5) is 0 Å². The van der Waals surface area contributed by atoms with Gasteiger partial charge in [-0.1, -0.05) is 140 Å². The highest BCUT2D eigenvalue weighted by molar-refractivity contribution is 6.15. The fraction of sp³-hybridized carbons (Fsp3) is 0.0714. The van der Waals surface area contributed by atoms with Gasteiger partial charge in [0.1, 0.15) is 0 Å². The van der Waals surface area contributed by atoms with Gasteiger partial charge in [-0.2, -0.15) is 0 Å². The molecule has 0 unspecified atom stereocenters. The van der Waals surface area contributed by atoms with Crippen molar-refractivity contribution in [3.8, 4) is 22.4 Å². The van der Waals surface area contributed by atoms with Gasteiger partial charge in [0.2, 0.25) is 0 Å². The Morgan fingerprint density at radius 2 is 1.28 bits per heavy atom. The van der Waals surface area contributed by atoms with Crippen LogP contribution in [0.5, 0.6) is 0 Å². The molecule has 0 atom stereocenters. The van der Waals surface area contributed by atoms with Crippen LogP contribution in [0.25, 0.3) is 49.5 Å². The molecule has 0 fully saturated rings. The van der Waals surface area contributed by atoms with E-state index in [1.54, 1.807) is 0 Å². The quantitative estimate of drug-likeness (QED) is 0.0934. The highest BCUT2D eigenvalue weighted by Gasteiger charge is 2.14. The molecule has 1 aromatic heterocycles. The van der Waals surface area contributed by atoms with Gasteiger partial charge in [-0.3, -0.25) is 4.98 Å². The van der Waals surface area contributed by atoms with E-state index in [-0.39, 0.29) is 0 Å². The fourth-order valence-electron chi connectivity index (χ4n) is 5.81. The molecule has 0 aliphatic rings. The Morgan fingerprint density at radius 1 is 0.605 bits per heavy atom. The third kappa shape index (κ3) is 6.32. The third-order valence-corrected chi connectivity index (χ3v) is 7.82. The van der Waals surface area contributed by atoms with Crippen LogP contribution >= 0.6 is 0 Å². The minimum atomic E-state index is 0.822. The monoisotopic (exact) mass is 553 g/mol. The van der Waals surface area contributed by atoms with Crippen molar-refractivity contribution < 1.29 is 0 Å². The second-order valence-corrected chi connectivity index (χ2v) is 10.6. The molecule has 43 heavy (non-hydrogen) atoms. The summed E-state index contributed by atoms with van der Waals surface area (Å²) in [5.74, 6) is 0. The summed E-state index contributed by atoms with van der Waals surface area (Å²) in [4.78, 5) is 4.53. The number of hydrogen-bond donors (Lipinski definition) is 0. The van der Waals surface area contributed by atoms with Crippen molar-refractivity contribution in [2.75, 3.05) is 0 Å². The average molecular weight is 554 g/mol. The summed E-state index contributed by atoms with van der Waals surface area (Å²) in [7, 11) is 0. The predicted molar refractivity (Wildman–Crippen MR) is 186 cm³/mol. The summed E-state index contributed by atoms with van der Waals surface area (Å²) >= 11 is 0. The van der Waals surface area contributed by atoms with E-state index in [4.69, 9.17) is 0 Å². The minimum Gasteiger partial charge on any atom is -0.256 e. The Labute approximate surface area is 254 Å². The molecule has 208 valence electrons. The molecular weight excluding hydrogens is 518 g/mol. The SMILES string of the molecule is C=CC/C=C(\C=C/C/C=C\Cc1c2ccccc2c(-c2ccccc2)c2ccccc12)c1cccc(-c2ccccn2)c1. The summed E-state index contributed by atoms with van der Waals surface area (Å²) in [6.45, 7) is 3.92. The smallest absolute Gasteiger partial charge is 0.0702 e. The predicted octanol–water partition coefficient (Wildman–Crippen LogP) is 11.4. The van der Waals surface area contributed by atoms with E-state index in [1.165, 1.54) is 49.4 Å². The third-order valence-electron chi connectivity index (χ3n) is 7.82. The summed E-state index contributed by atoms with van der Waals surface area (Å²) in [5.41, 5.74) is 8.43. The molecule has 1 heteroatoms. The Kier molecular flexibility index (Phi) is 8.81. The van der Waals surface area contributed by atoms with Crippen LogP contribution in [0.15, 0.2) is 171 Å². The lowest BCUT2D eigenvalue weighted by atomic mass is 9.87. The lowest BCUT2D eigenvalue weighted by Crippen LogP contribution is -1.92. The summed E-state index contributed by atoms with van der Waals surface area (Å²) in [6.07, 6.45) is 17.6. The number of fused-ring (bicyclic) bond motifs is 2. The van der Waals surface area contributed by atoms with Crippen molar-refractivity contribution >= 4 is 27.1 Å². The zero-order chi connectivity index (χ0) is 29.3. The Hall–Kier alpha value is -5.27. The number of pyridine rings is 1. The molecular formula is C42H35N. The molecule has 0 radical (unpaired) electrons. The molecule has 0 bridgehead atoms. The van der Waals surface area contributed by atoms with E-state index in [9.17, 15) is 0 Å². The molecule has 0 aliphatic heterocycles. The number of allylic oxidation sites excluding steroid dienone is 7. The van der Waals surface area contributed by atoms with Crippen molar-refractivity contribution in [2.24, 2.45) is 0 Å². The molecule has 0 N–H and O–H groups in total. The Balaban J connectivity index is 1.25. The molecule has 0 saturated heterocycles. The molecule has 0 amide bonds. The first-order chi connectivity index (χ1) is 21.3. The van der Waals surface area contributed by atoms with Crippen LogP contribution in [0.2, 0.25) is 0 Å². The van der Waals surface area contributed by atoms with Crippen molar-refractivity contribution in [1.29, 1.82) is 0 Å². The maximum Gasteiger partial charge on any atom is 0.0702 e. The first kappa shape index (κ1) is 27.9. The van der Waals surface area contributed by atoms with Crippen molar-refractivity contribution in [3.05, 3.63) is 182 Å². The standard InChI is InChI=1S/C42H35N/c1-2-3-18-32(34-22-17-23-35(31-34)41-29-15-16-30-43-41)19-7-4-5-10-24-36-37-25-11-13-27-39(37)42(33-20-8-6-9-21-33)40-28-14-12-26-38(36)40/h2,5-23,25-31H,1,3-4,24H2/b10-5-,19-7-,32-18+. The van der Waals surface area contributed by atoms with E-state index in [1.807, 2.05) is 24.4 Å². The van der Waals surface area contributed by atoms with Gasteiger partial charge in [-0.25, -0.2) is 0 Å². The topological polar surface area (TPSA) is 12.9 Å². The van der Waals surface area contributed by atoms with Crippen molar-refractivity contribution in [2.45, 2.75) is 19.3 Å². The zero-order valence-corrected chi connectivity index (χ0v) is 24.4. The number of aromatic nitrogens is 1. The molecule has 5 aromatic carbocycles. The van der Waals surface area contributed by atoms with Crippen LogP contribution in [0.3, 0.4) is 0 Å². The normalized spacial score (nSPS) is 12.0. The van der Waals surface area contributed by atoms with Gasteiger partial charge in [0, 0.05) is 11.8 Å². The minimum absolute atomic E-state index is 0.822. The highest BCUT2D eigenvalue weighted by Crippen LogP contribution is 2.39. The van der Waals surface area contributed by atoms with Crippen LogP contribution in [0.1, 0.15) is 24.0 Å². The molecule has 0 aliphatic carbocycles. The first-order valence-corrected chi connectivity index (χ1v) is 15.0. The molecule has 6 rings (SSSR count). The Morgan fingerprint density at radius 3 is 1.98 bits per heavy atom. The second kappa shape index (κ2) is 13.6. The van der Waals surface area contributed by atoms with Crippen LogP contribution < -0.4 is 0 Å². The van der Waals surface area contributed by atoms with Crippen LogP contribution in [0, 0.1) is 0 Å². The maximum atomic E-state index is 4.53. The highest BCUT2D eigenvalue weighted by atomic mass is 14.7. The van der Waals surface area contributed by atoms with Gasteiger partial charge in [0.05, 0.1) is 5.69 Å². The first-order valence-electron chi connectivity index (χ1n) is 15.0. The molecule has 0 saturated carbocycles. The van der Waals surface area contributed by atoms with Gasteiger partial charge in [0.25, 0.3) is 0 Å². The van der Waals surface area contributed by atoms with Gasteiger partial charge < -0.3 is 0 Å². The number of benzene rings is 5. The van der Waals surface area contributed by atoms with Gasteiger partial charge in [-0.05, 0) is 86.8 Å². The summed E-state index contributed by atoms with van der Waals surface area (Å²) in [6, 6.07) is 43.1. The van der Waals surface area contributed by atoms with E-state index in [2.05, 4.69) is 151 Å². The van der Waals surface area contributed by atoms with Crippen molar-refractivity contribution in [3.63, 3.8) is 0 Å². The summed E-state index contributed by atoms with van der Waals surface area (Å²) < 4.78 is 0. The van der Waals surface area contributed by atoms with Gasteiger partial charge in [-0.15, -0.1) is 6.58 Å². The van der Waals surface area contributed by atoms with Crippen molar-refractivity contribution in [1.82, 2.24) is 4.98 Å². The van der Waals surface area contributed by atoms with Crippen LogP contribution in [-0.4, -0.2) is 4.98 Å². The second-order valence-electron chi connectivity index (χ2n) is 10.6. The Bertz CT molecular complexity index is 1890. The van der Waals surface area contributed by atoms with E-state index < -0.39 is 0 Å². The van der Waals surface area contributed by atoms with E-state index in [0.29, 0.717) is 0 Å². The zero-order valence-electron chi connectivity index (χ0n) is 24.4. The van der Waals surface area contributed by atoms with Crippen LogP contribution in [-0.2, 0) is 6.42 Å². The maximum absolute atomic E-state index is 4.53. The molecule has 6 aromatic rings. The summed E-state index contributed by atoms with van der Waals surface area (Å²) in [5, 5.41) is 5.26. The molecule has 1 heterocycles. The molecule has 1 nitrogen and oxygen atoms in total. The number of hydrogen-bond acceptors (Lipinski definition) is 1. The lowest BCUT2D eigenvalue weighted by Gasteiger charge is -2.16. The number of rotatable bonds is 10. The van der Waals surface area contributed by atoms with Gasteiger partial charge in [0.15, 0.2) is 0 Å². The van der Waals surface area contributed by atoms with E-state index in [0.717, 1.165) is 30.5 Å². The largest absolute Gasteiger partial charge is 0.256 e. The lowest BCUT2D eigenvalue weighted by molar-refractivity contribution is 1.28.